The maximum absolute atomic E-state index is 5.44. The number of para-hydroxylation sites is 1. The lowest BCUT2D eigenvalue weighted by Crippen LogP contribution is -2.22. The number of hydrogen-bond donors (Lipinski definition) is 1. The molecule has 0 fully saturated rings. The molecule has 1 unspecified atom stereocenters. The minimum atomic E-state index is 0.238. The van der Waals surface area contributed by atoms with Crippen LogP contribution in [-0.2, 0) is 6.42 Å². The van der Waals surface area contributed by atoms with Crippen molar-refractivity contribution in [3.8, 4) is 5.75 Å². The highest BCUT2D eigenvalue weighted by Crippen LogP contribution is 2.26. The molecule has 0 radical (unpaired) electrons. The van der Waals surface area contributed by atoms with E-state index in [2.05, 4.69) is 62.5 Å². The molecule has 0 saturated heterocycles. The number of aryl methyl sites for hydroxylation is 1. The van der Waals surface area contributed by atoms with E-state index in [-0.39, 0.29) is 6.04 Å². The van der Waals surface area contributed by atoms with Gasteiger partial charge in [-0.1, -0.05) is 49.4 Å². The number of ether oxygens (including phenoxy) is 1. The van der Waals surface area contributed by atoms with Gasteiger partial charge < -0.3 is 10.1 Å². The van der Waals surface area contributed by atoms with Crippen LogP contribution in [0.25, 0.3) is 0 Å². The molecular formula is C19H25NO. The van der Waals surface area contributed by atoms with E-state index in [0.717, 1.165) is 12.2 Å². The molecule has 2 aromatic carbocycles. The van der Waals surface area contributed by atoms with Crippen LogP contribution >= 0.6 is 0 Å². The lowest BCUT2D eigenvalue weighted by Gasteiger charge is -2.22. The first-order valence-corrected chi connectivity index (χ1v) is 7.63. The normalized spacial score (nSPS) is 13.7. The van der Waals surface area contributed by atoms with Crippen molar-refractivity contribution in [3.63, 3.8) is 0 Å². The average molecular weight is 283 g/mol. The van der Waals surface area contributed by atoms with E-state index >= 15 is 0 Å². The lowest BCUT2D eigenvalue weighted by atomic mass is 10.0. The van der Waals surface area contributed by atoms with Crippen LogP contribution in [0.2, 0.25) is 0 Å². The van der Waals surface area contributed by atoms with Crippen molar-refractivity contribution in [3.05, 3.63) is 65.2 Å². The molecule has 2 atom stereocenters. The molecule has 0 aliphatic rings. The number of methoxy groups -OCH3 is 1. The first-order valence-electron chi connectivity index (χ1n) is 7.63. The molecule has 0 aromatic heterocycles. The van der Waals surface area contributed by atoms with E-state index in [9.17, 15) is 0 Å². The molecule has 0 aliphatic heterocycles. The van der Waals surface area contributed by atoms with Crippen molar-refractivity contribution in [2.45, 2.75) is 39.3 Å². The van der Waals surface area contributed by atoms with Gasteiger partial charge in [-0.3, -0.25) is 0 Å². The fourth-order valence-corrected chi connectivity index (χ4v) is 2.63. The molecule has 112 valence electrons. The van der Waals surface area contributed by atoms with E-state index in [0.29, 0.717) is 6.04 Å². The highest BCUT2D eigenvalue weighted by Gasteiger charge is 2.14. The Kier molecular flexibility index (Phi) is 5.40. The van der Waals surface area contributed by atoms with Crippen LogP contribution in [0, 0.1) is 0 Å². The molecule has 2 nitrogen and oxygen atoms in total. The van der Waals surface area contributed by atoms with Gasteiger partial charge >= 0.3 is 0 Å². The van der Waals surface area contributed by atoms with Crippen molar-refractivity contribution < 1.29 is 4.74 Å². The second-order valence-electron chi connectivity index (χ2n) is 5.45. The zero-order chi connectivity index (χ0) is 15.2. The van der Waals surface area contributed by atoms with Crippen LogP contribution in [0.4, 0.5) is 0 Å². The fourth-order valence-electron chi connectivity index (χ4n) is 2.63. The van der Waals surface area contributed by atoms with Gasteiger partial charge in [0.15, 0.2) is 0 Å². The minimum Gasteiger partial charge on any atom is -0.496 e. The van der Waals surface area contributed by atoms with Crippen LogP contribution in [0.15, 0.2) is 48.5 Å². The topological polar surface area (TPSA) is 21.3 Å². The molecular weight excluding hydrogens is 258 g/mol. The lowest BCUT2D eigenvalue weighted by molar-refractivity contribution is 0.396. The van der Waals surface area contributed by atoms with Crippen LogP contribution < -0.4 is 10.1 Å². The predicted molar refractivity (Wildman–Crippen MR) is 88.8 cm³/mol. The van der Waals surface area contributed by atoms with Gasteiger partial charge in [0.25, 0.3) is 0 Å². The summed E-state index contributed by atoms with van der Waals surface area (Å²) in [6.07, 6.45) is 1.08. The Morgan fingerprint density at radius 3 is 2.24 bits per heavy atom. The number of rotatable bonds is 6. The van der Waals surface area contributed by atoms with E-state index in [4.69, 9.17) is 4.74 Å². The molecule has 1 N–H and O–H groups in total. The van der Waals surface area contributed by atoms with Crippen molar-refractivity contribution >= 4 is 0 Å². The fraction of sp³-hybridized carbons (Fsp3) is 0.368. The van der Waals surface area contributed by atoms with Gasteiger partial charge in [0.05, 0.1) is 7.11 Å². The summed E-state index contributed by atoms with van der Waals surface area (Å²) in [7, 11) is 1.72. The van der Waals surface area contributed by atoms with E-state index in [1.807, 2.05) is 12.1 Å². The summed E-state index contributed by atoms with van der Waals surface area (Å²) in [4.78, 5) is 0. The summed E-state index contributed by atoms with van der Waals surface area (Å²) in [5.41, 5.74) is 3.88. The Morgan fingerprint density at radius 2 is 1.62 bits per heavy atom. The Bertz CT molecular complexity index is 562. The van der Waals surface area contributed by atoms with Crippen LogP contribution in [0.1, 0.15) is 49.5 Å². The Morgan fingerprint density at radius 1 is 0.952 bits per heavy atom. The van der Waals surface area contributed by atoms with Crippen molar-refractivity contribution in [1.29, 1.82) is 0 Å². The molecule has 0 saturated carbocycles. The molecule has 21 heavy (non-hydrogen) atoms. The van der Waals surface area contributed by atoms with Crippen LogP contribution in [-0.4, -0.2) is 7.11 Å². The molecule has 0 heterocycles. The quantitative estimate of drug-likeness (QED) is 0.832. The Labute approximate surface area is 128 Å². The van der Waals surface area contributed by atoms with Crippen molar-refractivity contribution in [2.75, 3.05) is 7.11 Å². The van der Waals surface area contributed by atoms with E-state index < -0.39 is 0 Å². The third-order valence-corrected chi connectivity index (χ3v) is 3.99. The van der Waals surface area contributed by atoms with Gasteiger partial charge in [-0.25, -0.2) is 0 Å². The molecule has 2 rings (SSSR count). The molecule has 0 amide bonds. The molecule has 2 heteroatoms. The smallest absolute Gasteiger partial charge is 0.123 e. The van der Waals surface area contributed by atoms with Crippen LogP contribution in [0.5, 0.6) is 5.75 Å². The third kappa shape index (κ3) is 3.85. The Hall–Kier alpha value is -1.80. The predicted octanol–water partition coefficient (Wildman–Crippen LogP) is 4.67. The van der Waals surface area contributed by atoms with Gasteiger partial charge in [-0.2, -0.15) is 0 Å². The first-order chi connectivity index (χ1) is 10.2. The van der Waals surface area contributed by atoms with Crippen LogP contribution in [0.3, 0.4) is 0 Å². The molecule has 0 spiro atoms. The van der Waals surface area contributed by atoms with Crippen molar-refractivity contribution in [2.24, 2.45) is 0 Å². The van der Waals surface area contributed by atoms with Gasteiger partial charge in [-0.05, 0) is 37.5 Å². The second-order valence-corrected chi connectivity index (χ2v) is 5.45. The zero-order valence-corrected chi connectivity index (χ0v) is 13.4. The largest absolute Gasteiger partial charge is 0.496 e. The maximum Gasteiger partial charge on any atom is 0.123 e. The monoisotopic (exact) mass is 283 g/mol. The van der Waals surface area contributed by atoms with Crippen molar-refractivity contribution in [1.82, 2.24) is 5.32 Å². The molecule has 2 aromatic rings. The van der Waals surface area contributed by atoms with Gasteiger partial charge in [0.1, 0.15) is 5.75 Å². The number of benzene rings is 2. The highest BCUT2D eigenvalue weighted by molar-refractivity contribution is 5.36. The summed E-state index contributed by atoms with van der Waals surface area (Å²) in [5, 5.41) is 3.64. The second kappa shape index (κ2) is 7.28. The number of hydrogen-bond acceptors (Lipinski definition) is 2. The summed E-state index contributed by atoms with van der Waals surface area (Å²) in [6.45, 7) is 6.56. The van der Waals surface area contributed by atoms with Gasteiger partial charge in [0.2, 0.25) is 0 Å². The third-order valence-electron chi connectivity index (χ3n) is 3.99. The summed E-state index contributed by atoms with van der Waals surface area (Å²) in [5.74, 6) is 0.936. The number of nitrogens with one attached hydrogen (secondary N) is 1. The maximum atomic E-state index is 5.44. The highest BCUT2D eigenvalue weighted by atomic mass is 16.5. The average Bonchev–Trinajstić information content (AvgIpc) is 2.54. The van der Waals surface area contributed by atoms with E-state index in [1.54, 1.807) is 7.11 Å². The molecule has 0 aliphatic carbocycles. The molecule has 0 bridgehead atoms. The SMILES string of the molecule is CCc1ccc(C(C)N[C@H](C)c2ccccc2OC)cc1. The standard InChI is InChI=1S/C19H25NO/c1-5-16-10-12-17(13-11-16)14(2)20-15(3)18-8-6-7-9-19(18)21-4/h6-15,20H,5H2,1-4H3/t14?,15-/m1/s1. The summed E-state index contributed by atoms with van der Waals surface area (Å²) in [6, 6.07) is 17.6. The minimum absolute atomic E-state index is 0.238. The van der Waals surface area contributed by atoms with Gasteiger partial charge in [-0.15, -0.1) is 0 Å². The van der Waals surface area contributed by atoms with Gasteiger partial charge in [0, 0.05) is 17.6 Å². The first kappa shape index (κ1) is 15.6. The summed E-state index contributed by atoms with van der Waals surface area (Å²) >= 11 is 0. The summed E-state index contributed by atoms with van der Waals surface area (Å²) < 4.78 is 5.44. The Balaban J connectivity index is 2.08. The van der Waals surface area contributed by atoms with E-state index in [1.165, 1.54) is 16.7 Å². The zero-order valence-electron chi connectivity index (χ0n) is 13.4.